The molecule has 2 rings (SSSR count). The minimum atomic E-state index is -3.00. The first-order valence-corrected chi connectivity index (χ1v) is 10.7. The molecule has 11 heteroatoms. The highest BCUT2D eigenvalue weighted by Gasteiger charge is 2.25. The van der Waals surface area contributed by atoms with Crippen LogP contribution in [0.2, 0.25) is 0 Å². The van der Waals surface area contributed by atoms with E-state index in [1.165, 1.54) is 11.2 Å². The largest absolute Gasteiger partial charge is 0.436 e. The Morgan fingerprint density at radius 1 is 1.23 bits per heavy atom. The number of piperidine rings is 1. The van der Waals surface area contributed by atoms with Crippen molar-refractivity contribution in [2.75, 3.05) is 33.4 Å². The van der Waals surface area contributed by atoms with Gasteiger partial charge in [-0.1, -0.05) is 18.2 Å². The maximum Gasteiger partial charge on any atom is 0.436 e. The summed E-state index contributed by atoms with van der Waals surface area (Å²) in [5, 5.41) is 0. The molecule has 1 heterocycles. The first kappa shape index (κ1) is 22.1. The van der Waals surface area contributed by atoms with E-state index in [1.807, 2.05) is 7.05 Å². The van der Waals surface area contributed by atoms with Crippen molar-refractivity contribution in [2.45, 2.75) is 23.8 Å². The molecule has 1 saturated heterocycles. The molecule has 9 nitrogen and oxygen atoms in total. The molecule has 0 N–H and O–H groups in total. The van der Waals surface area contributed by atoms with Crippen LogP contribution in [0.15, 0.2) is 39.8 Å². The zero-order valence-electron chi connectivity index (χ0n) is 14.9. The van der Waals surface area contributed by atoms with E-state index >= 15 is 0 Å². The minimum absolute atomic E-state index is 0.0824. The summed E-state index contributed by atoms with van der Waals surface area (Å²) in [6.07, 6.45) is 2.16. The highest BCUT2D eigenvalue weighted by molar-refractivity contribution is 7.90. The molecule has 1 aliphatic rings. The van der Waals surface area contributed by atoms with Crippen LogP contribution in [0.4, 0.5) is 4.79 Å². The third kappa shape index (κ3) is 7.93. The monoisotopic (exact) mass is 405 g/mol. The Kier molecular flexibility index (Phi) is 8.69. The average Bonchev–Trinajstić information content (AvgIpc) is 2.60. The summed E-state index contributed by atoms with van der Waals surface area (Å²) in [6.45, 7) is 1.82. The van der Waals surface area contributed by atoms with Gasteiger partial charge >= 0.3 is 16.6 Å². The van der Waals surface area contributed by atoms with Crippen molar-refractivity contribution >= 4 is 26.4 Å². The lowest BCUT2D eigenvalue weighted by Crippen LogP contribution is -2.44. The van der Waals surface area contributed by atoms with Gasteiger partial charge in [0.25, 0.3) is 0 Å². The van der Waals surface area contributed by atoms with Gasteiger partial charge in [0, 0.05) is 19.3 Å². The molecule has 0 aliphatic carbocycles. The normalized spacial score (nSPS) is 15.3. The van der Waals surface area contributed by atoms with Gasteiger partial charge in [0.15, 0.2) is 9.84 Å². The Hall–Kier alpha value is -1.98. The second-order valence-corrected chi connectivity index (χ2v) is 8.48. The molecule has 1 amide bonds. The fourth-order valence-corrected chi connectivity index (χ4v) is 3.10. The molecule has 0 radical (unpaired) electrons. The van der Waals surface area contributed by atoms with Gasteiger partial charge < -0.3 is 9.80 Å². The van der Waals surface area contributed by atoms with Crippen molar-refractivity contribution in [3.63, 3.8) is 0 Å². The molecule has 0 unspecified atom stereocenters. The van der Waals surface area contributed by atoms with Gasteiger partial charge in [0.1, 0.15) is 0 Å². The maximum absolute atomic E-state index is 11.4. The topological polar surface area (TPSA) is 113 Å². The Morgan fingerprint density at radius 3 is 2.19 bits per heavy atom. The molecule has 1 aromatic carbocycles. The summed E-state index contributed by atoms with van der Waals surface area (Å²) in [7, 11) is -2.12. The van der Waals surface area contributed by atoms with Crippen LogP contribution in [-0.2, 0) is 25.2 Å². The quantitative estimate of drug-likeness (QED) is 0.695. The van der Waals surface area contributed by atoms with E-state index in [0.29, 0.717) is 4.90 Å². The van der Waals surface area contributed by atoms with Crippen molar-refractivity contribution in [3.05, 3.63) is 30.3 Å². The lowest BCUT2D eigenvalue weighted by atomic mass is 10.0. The minimum Gasteiger partial charge on any atom is -0.306 e. The predicted octanol–water partition coefficient (Wildman–Crippen LogP) is 1.22. The summed E-state index contributed by atoms with van der Waals surface area (Å²) in [6, 6.07) is 8.44. The van der Waals surface area contributed by atoms with Crippen molar-refractivity contribution < 1.29 is 26.5 Å². The SMILES string of the molecule is CN1CCC(N(C)C(=O)ON=S(=O)=O)CC1.CS(=O)(=O)c1ccccc1. The highest BCUT2D eigenvalue weighted by Crippen LogP contribution is 2.14. The molecule has 1 fully saturated rings. The van der Waals surface area contributed by atoms with Gasteiger partial charge in [-0.05, 0) is 45.1 Å². The number of nitrogens with zero attached hydrogens (tertiary/aromatic N) is 3. The molecular formula is C15H23N3O6S2. The van der Waals surface area contributed by atoms with Crippen LogP contribution in [0.1, 0.15) is 12.8 Å². The first-order valence-electron chi connectivity index (χ1n) is 7.79. The third-order valence-corrected chi connectivity index (χ3v) is 5.20. The van der Waals surface area contributed by atoms with Crippen LogP contribution in [-0.4, -0.2) is 72.2 Å². The van der Waals surface area contributed by atoms with E-state index in [2.05, 4.69) is 14.3 Å². The summed E-state index contributed by atoms with van der Waals surface area (Å²) in [5.41, 5.74) is 0. The molecule has 0 saturated carbocycles. The Labute approximate surface area is 155 Å². The molecular weight excluding hydrogens is 382 g/mol. The van der Waals surface area contributed by atoms with E-state index in [-0.39, 0.29) is 6.04 Å². The smallest absolute Gasteiger partial charge is 0.306 e. The number of hydrogen-bond donors (Lipinski definition) is 0. The predicted molar refractivity (Wildman–Crippen MR) is 95.7 cm³/mol. The van der Waals surface area contributed by atoms with Gasteiger partial charge in [0.2, 0.25) is 0 Å². The Morgan fingerprint density at radius 2 is 1.77 bits per heavy atom. The number of sulfone groups is 1. The Bertz CT molecular complexity index is 808. The van der Waals surface area contributed by atoms with Crippen LogP contribution >= 0.6 is 0 Å². The molecule has 0 atom stereocenters. The lowest BCUT2D eigenvalue weighted by molar-refractivity contribution is 0.0843. The molecule has 146 valence electrons. The summed E-state index contributed by atoms with van der Waals surface area (Å²) >= 11 is 0. The Balaban J connectivity index is 0.000000289. The lowest BCUT2D eigenvalue weighted by Gasteiger charge is -2.33. The first-order chi connectivity index (χ1) is 12.1. The summed E-state index contributed by atoms with van der Waals surface area (Å²) in [4.78, 5) is 19.5. The van der Waals surface area contributed by atoms with Crippen molar-refractivity contribution in [2.24, 2.45) is 4.53 Å². The number of carbonyl (C=O) groups is 1. The third-order valence-electron chi connectivity index (χ3n) is 3.87. The highest BCUT2D eigenvalue weighted by atomic mass is 32.2. The van der Waals surface area contributed by atoms with E-state index in [9.17, 15) is 21.6 Å². The van der Waals surface area contributed by atoms with Crippen LogP contribution in [0.5, 0.6) is 0 Å². The number of hydrogen-bond acceptors (Lipinski definition) is 8. The molecule has 1 aromatic rings. The van der Waals surface area contributed by atoms with Crippen LogP contribution in [0.3, 0.4) is 0 Å². The maximum atomic E-state index is 11.4. The van der Waals surface area contributed by atoms with Crippen molar-refractivity contribution in [1.29, 1.82) is 0 Å². The molecule has 1 aliphatic heterocycles. The van der Waals surface area contributed by atoms with Crippen molar-refractivity contribution in [3.8, 4) is 0 Å². The van der Waals surface area contributed by atoms with Crippen molar-refractivity contribution in [1.82, 2.24) is 9.80 Å². The molecule has 0 bridgehead atoms. The summed E-state index contributed by atoms with van der Waals surface area (Å²) < 4.78 is 44.5. The van der Waals surface area contributed by atoms with E-state index in [0.717, 1.165) is 25.9 Å². The fourth-order valence-electron chi connectivity index (χ4n) is 2.33. The van der Waals surface area contributed by atoms with Gasteiger partial charge in [0.05, 0.1) is 9.42 Å². The van der Waals surface area contributed by atoms with Gasteiger partial charge in [-0.15, -0.1) is 0 Å². The zero-order valence-corrected chi connectivity index (χ0v) is 16.5. The van der Waals surface area contributed by atoms with Gasteiger partial charge in [-0.25, -0.2) is 13.2 Å². The number of likely N-dealkylation sites (tertiary alicyclic amines) is 1. The zero-order chi connectivity index (χ0) is 19.7. The number of benzene rings is 1. The number of carbonyl (C=O) groups excluding carboxylic acids is 1. The van der Waals surface area contributed by atoms with Crippen LogP contribution in [0, 0.1) is 0 Å². The summed E-state index contributed by atoms with van der Waals surface area (Å²) in [5.74, 6) is 0. The second-order valence-electron chi connectivity index (χ2n) is 5.88. The molecule has 26 heavy (non-hydrogen) atoms. The van der Waals surface area contributed by atoms with Gasteiger partial charge in [-0.3, -0.25) is 4.84 Å². The van der Waals surface area contributed by atoms with Crippen LogP contribution in [0.25, 0.3) is 0 Å². The number of rotatable bonds is 3. The average molecular weight is 405 g/mol. The second kappa shape index (κ2) is 10.2. The molecule has 0 aromatic heterocycles. The number of amides is 1. The van der Waals surface area contributed by atoms with Gasteiger partial charge in [-0.2, -0.15) is 8.42 Å². The fraction of sp³-hybridized carbons (Fsp3) is 0.533. The van der Waals surface area contributed by atoms with E-state index in [1.54, 1.807) is 37.4 Å². The molecule has 0 spiro atoms. The van der Waals surface area contributed by atoms with E-state index in [4.69, 9.17) is 0 Å². The standard InChI is InChI=1S/C8H15N3O4S.C7H8O2S/c1-10-5-3-7(4-6-10)11(2)8(12)15-9-16(13)14;1-10(8,9)7-5-3-2-4-6-7/h7H,3-6H2,1-2H3;2-6H,1H3. The van der Waals surface area contributed by atoms with E-state index < -0.39 is 26.4 Å². The van der Waals surface area contributed by atoms with Crippen LogP contribution < -0.4 is 0 Å².